The van der Waals surface area contributed by atoms with Crippen molar-refractivity contribution in [3.05, 3.63) is 23.3 Å². The van der Waals surface area contributed by atoms with Crippen molar-refractivity contribution in [3.8, 4) is 0 Å². The molecule has 0 fully saturated rings. The molecule has 0 aliphatic carbocycles. The Labute approximate surface area is 143 Å². The molecule has 2 bridgehead atoms. The van der Waals surface area contributed by atoms with E-state index in [0.717, 1.165) is 0 Å². The summed E-state index contributed by atoms with van der Waals surface area (Å²) in [6.45, 7) is -0.0865. The standard InChI is InChI=1S/C16H19NO8/c1-23-14(21)12-9-6-7-16(25-9,13(12)15(22)24-2)8-17-10(18)4-3-5-11(19)20/h6-7,9H,3-5,8H2,1-2H3,(H,17,18)(H,19,20)/t9?,16-/m1/s1. The molecule has 2 aliphatic heterocycles. The van der Waals surface area contributed by atoms with Crippen molar-refractivity contribution in [2.45, 2.75) is 31.0 Å². The number of rotatable bonds is 8. The summed E-state index contributed by atoms with van der Waals surface area (Å²) in [5.41, 5.74) is -1.25. The van der Waals surface area contributed by atoms with Gasteiger partial charge in [0.1, 0.15) is 11.7 Å². The summed E-state index contributed by atoms with van der Waals surface area (Å²) in [5, 5.41) is 11.2. The number of methoxy groups -OCH3 is 2. The van der Waals surface area contributed by atoms with Crippen LogP contribution in [0.25, 0.3) is 0 Å². The van der Waals surface area contributed by atoms with E-state index in [2.05, 4.69) is 5.32 Å². The van der Waals surface area contributed by atoms with E-state index in [1.54, 1.807) is 12.2 Å². The lowest BCUT2D eigenvalue weighted by molar-refractivity contribution is -0.139. The van der Waals surface area contributed by atoms with Gasteiger partial charge in [-0.25, -0.2) is 9.59 Å². The molecular weight excluding hydrogens is 334 g/mol. The van der Waals surface area contributed by atoms with Crippen molar-refractivity contribution >= 4 is 23.8 Å². The lowest BCUT2D eigenvalue weighted by Gasteiger charge is -2.25. The number of nitrogens with one attached hydrogen (secondary N) is 1. The van der Waals surface area contributed by atoms with Gasteiger partial charge < -0.3 is 24.6 Å². The molecule has 2 aliphatic rings. The highest BCUT2D eigenvalue weighted by molar-refractivity contribution is 6.05. The summed E-state index contributed by atoms with van der Waals surface area (Å²) in [5.74, 6) is -2.81. The predicted octanol–water partition coefficient (Wildman–Crippen LogP) is -0.292. The summed E-state index contributed by atoms with van der Waals surface area (Å²) in [6.07, 6.45) is 2.56. The number of hydrogen-bond donors (Lipinski definition) is 2. The van der Waals surface area contributed by atoms with Gasteiger partial charge in [-0.2, -0.15) is 0 Å². The van der Waals surface area contributed by atoms with Gasteiger partial charge in [0.25, 0.3) is 0 Å². The molecule has 0 aromatic heterocycles. The number of carbonyl (C=O) groups is 4. The Bertz CT molecular complexity index is 665. The zero-order valence-corrected chi connectivity index (χ0v) is 13.9. The lowest BCUT2D eigenvalue weighted by atomic mass is 9.86. The second-order valence-corrected chi connectivity index (χ2v) is 5.58. The SMILES string of the molecule is COC(=O)C1=C(C(=O)OC)[C@]2(CNC(=O)CCCC(=O)O)C=CC1O2. The van der Waals surface area contributed by atoms with E-state index in [9.17, 15) is 19.2 Å². The summed E-state index contributed by atoms with van der Waals surface area (Å²) in [4.78, 5) is 46.5. The number of esters is 2. The topological polar surface area (TPSA) is 128 Å². The van der Waals surface area contributed by atoms with Gasteiger partial charge in [0.05, 0.1) is 31.9 Å². The van der Waals surface area contributed by atoms with Crippen LogP contribution < -0.4 is 5.32 Å². The van der Waals surface area contributed by atoms with Gasteiger partial charge in [0.2, 0.25) is 5.91 Å². The fourth-order valence-corrected chi connectivity index (χ4v) is 2.84. The molecule has 9 heteroatoms. The molecular formula is C16H19NO8. The first-order valence-corrected chi connectivity index (χ1v) is 7.61. The Morgan fingerprint density at radius 2 is 1.88 bits per heavy atom. The minimum atomic E-state index is -1.30. The monoisotopic (exact) mass is 353 g/mol. The van der Waals surface area contributed by atoms with Crippen LogP contribution in [-0.2, 0) is 33.4 Å². The zero-order valence-electron chi connectivity index (χ0n) is 13.9. The molecule has 25 heavy (non-hydrogen) atoms. The molecule has 2 N–H and O–H groups in total. The molecule has 0 aromatic rings. The van der Waals surface area contributed by atoms with Crippen molar-refractivity contribution in [1.82, 2.24) is 5.32 Å². The number of aliphatic carboxylic acids is 1. The number of carbonyl (C=O) groups excluding carboxylic acids is 3. The number of carboxylic acids is 1. The number of fused-ring (bicyclic) bond motifs is 2. The minimum Gasteiger partial charge on any atom is -0.481 e. The van der Waals surface area contributed by atoms with E-state index in [1.807, 2.05) is 0 Å². The van der Waals surface area contributed by atoms with E-state index >= 15 is 0 Å². The smallest absolute Gasteiger partial charge is 0.337 e. The van der Waals surface area contributed by atoms with Crippen LogP contribution in [0.3, 0.4) is 0 Å². The van der Waals surface area contributed by atoms with Crippen molar-refractivity contribution in [3.63, 3.8) is 0 Å². The predicted molar refractivity (Wildman–Crippen MR) is 82.3 cm³/mol. The molecule has 1 amide bonds. The molecule has 1 unspecified atom stereocenters. The first-order chi connectivity index (χ1) is 11.8. The normalized spacial score (nSPS) is 23.5. The highest BCUT2D eigenvalue weighted by Gasteiger charge is 2.54. The Morgan fingerprint density at radius 3 is 2.48 bits per heavy atom. The number of carboxylic acid groups (broad SMARTS) is 1. The molecule has 0 aromatic carbocycles. The maximum Gasteiger partial charge on any atom is 0.337 e. The van der Waals surface area contributed by atoms with Gasteiger partial charge in [0, 0.05) is 12.8 Å². The molecule has 0 radical (unpaired) electrons. The molecule has 136 valence electrons. The average molecular weight is 353 g/mol. The van der Waals surface area contributed by atoms with Crippen molar-refractivity contribution in [2.75, 3.05) is 20.8 Å². The van der Waals surface area contributed by atoms with E-state index < -0.39 is 29.6 Å². The Hall–Kier alpha value is -2.68. The van der Waals surface area contributed by atoms with E-state index in [4.69, 9.17) is 19.3 Å². The third kappa shape index (κ3) is 3.71. The van der Waals surface area contributed by atoms with E-state index in [-0.39, 0.29) is 42.9 Å². The van der Waals surface area contributed by atoms with Gasteiger partial charge in [-0.05, 0) is 12.5 Å². The third-order valence-electron chi connectivity index (χ3n) is 3.99. The van der Waals surface area contributed by atoms with Crippen molar-refractivity contribution in [2.24, 2.45) is 0 Å². The second-order valence-electron chi connectivity index (χ2n) is 5.58. The Balaban J connectivity index is 2.12. The Morgan fingerprint density at radius 1 is 1.20 bits per heavy atom. The van der Waals surface area contributed by atoms with E-state index in [1.165, 1.54) is 14.2 Å². The molecule has 0 spiro atoms. The molecule has 2 heterocycles. The van der Waals surface area contributed by atoms with Crippen molar-refractivity contribution in [1.29, 1.82) is 0 Å². The fourth-order valence-electron chi connectivity index (χ4n) is 2.84. The average Bonchev–Trinajstić information content (AvgIpc) is 3.14. The summed E-state index contributed by atoms with van der Waals surface area (Å²) in [6, 6.07) is 0. The number of hydrogen-bond acceptors (Lipinski definition) is 7. The zero-order chi connectivity index (χ0) is 18.6. The maximum atomic E-state index is 12.2. The van der Waals surface area contributed by atoms with Crippen LogP contribution in [0.1, 0.15) is 19.3 Å². The first-order valence-electron chi connectivity index (χ1n) is 7.61. The number of ether oxygens (including phenoxy) is 3. The van der Waals surface area contributed by atoms with Crippen LogP contribution in [0, 0.1) is 0 Å². The quantitative estimate of drug-likeness (QED) is 0.450. The van der Waals surface area contributed by atoms with Crippen LogP contribution in [0.5, 0.6) is 0 Å². The molecule has 2 rings (SSSR count). The van der Waals surface area contributed by atoms with Crippen LogP contribution in [0.2, 0.25) is 0 Å². The minimum absolute atomic E-state index is 0.000172. The molecule has 2 atom stereocenters. The molecule has 9 nitrogen and oxygen atoms in total. The first kappa shape index (κ1) is 18.7. The second kappa shape index (κ2) is 7.47. The summed E-state index contributed by atoms with van der Waals surface area (Å²) < 4.78 is 15.2. The van der Waals surface area contributed by atoms with Gasteiger partial charge in [-0.3, -0.25) is 9.59 Å². The van der Waals surface area contributed by atoms with Crippen LogP contribution in [0.4, 0.5) is 0 Å². The third-order valence-corrected chi connectivity index (χ3v) is 3.99. The Kier molecular flexibility index (Phi) is 5.58. The lowest BCUT2D eigenvalue weighted by Crippen LogP contribution is -2.44. The van der Waals surface area contributed by atoms with Crippen LogP contribution in [-0.4, -0.2) is 61.4 Å². The molecule has 0 saturated carbocycles. The highest BCUT2D eigenvalue weighted by Crippen LogP contribution is 2.43. The molecule has 0 saturated heterocycles. The van der Waals surface area contributed by atoms with Crippen LogP contribution in [0.15, 0.2) is 23.3 Å². The van der Waals surface area contributed by atoms with Gasteiger partial charge >= 0.3 is 17.9 Å². The number of amides is 1. The maximum absolute atomic E-state index is 12.2. The highest BCUT2D eigenvalue weighted by atomic mass is 16.6. The van der Waals surface area contributed by atoms with Gasteiger partial charge in [0.15, 0.2) is 0 Å². The van der Waals surface area contributed by atoms with Crippen molar-refractivity contribution < 1.29 is 38.5 Å². The van der Waals surface area contributed by atoms with Gasteiger partial charge in [-0.15, -0.1) is 0 Å². The van der Waals surface area contributed by atoms with E-state index in [0.29, 0.717) is 0 Å². The van der Waals surface area contributed by atoms with Gasteiger partial charge in [-0.1, -0.05) is 6.08 Å². The summed E-state index contributed by atoms with van der Waals surface area (Å²) in [7, 11) is 2.37. The summed E-state index contributed by atoms with van der Waals surface area (Å²) >= 11 is 0. The largest absolute Gasteiger partial charge is 0.481 e. The fraction of sp³-hybridized carbons (Fsp3) is 0.500. The van der Waals surface area contributed by atoms with Crippen LogP contribution >= 0.6 is 0 Å².